The monoisotopic (exact) mass is 286 g/mol. The molecule has 0 radical (unpaired) electrons. The Morgan fingerprint density at radius 1 is 1.50 bits per heavy atom. The standard InChI is InChI=1S/C11H8BrFO3/c1-6-4-10(16-11(6)14)15-9-5-7(13)2-3-8(9)12/h2-5,10H,1H3. The van der Waals surface area contributed by atoms with E-state index in [1.165, 1.54) is 18.2 Å². The average molecular weight is 287 g/mol. The maximum absolute atomic E-state index is 13.0. The van der Waals surface area contributed by atoms with Crippen molar-refractivity contribution in [1.82, 2.24) is 0 Å². The van der Waals surface area contributed by atoms with Crippen LogP contribution in [-0.2, 0) is 9.53 Å². The van der Waals surface area contributed by atoms with E-state index in [0.717, 1.165) is 0 Å². The van der Waals surface area contributed by atoms with Gasteiger partial charge in [0.15, 0.2) is 0 Å². The molecule has 0 fully saturated rings. The van der Waals surface area contributed by atoms with Gasteiger partial charge in [0, 0.05) is 17.7 Å². The number of cyclic esters (lactones) is 1. The van der Waals surface area contributed by atoms with Crippen LogP contribution in [0.3, 0.4) is 0 Å². The van der Waals surface area contributed by atoms with E-state index in [9.17, 15) is 9.18 Å². The second-order valence-electron chi connectivity index (χ2n) is 3.32. The van der Waals surface area contributed by atoms with Gasteiger partial charge in [-0.2, -0.15) is 0 Å². The normalized spacial score (nSPS) is 19.3. The first-order valence-corrected chi connectivity index (χ1v) is 5.36. The smallest absolute Gasteiger partial charge is 0.336 e. The maximum Gasteiger partial charge on any atom is 0.336 e. The van der Waals surface area contributed by atoms with Gasteiger partial charge in [0.1, 0.15) is 11.6 Å². The fourth-order valence-electron chi connectivity index (χ4n) is 1.26. The molecule has 0 N–H and O–H groups in total. The predicted octanol–water partition coefficient (Wildman–Crippen LogP) is 2.80. The van der Waals surface area contributed by atoms with Crippen LogP contribution in [0.25, 0.3) is 0 Å². The third kappa shape index (κ3) is 2.24. The van der Waals surface area contributed by atoms with Crippen LogP contribution in [-0.4, -0.2) is 12.3 Å². The highest BCUT2D eigenvalue weighted by molar-refractivity contribution is 9.10. The molecule has 0 saturated carbocycles. The van der Waals surface area contributed by atoms with Crippen molar-refractivity contribution in [2.45, 2.75) is 13.2 Å². The van der Waals surface area contributed by atoms with Gasteiger partial charge >= 0.3 is 5.97 Å². The summed E-state index contributed by atoms with van der Waals surface area (Å²) in [5, 5.41) is 0. The fraction of sp³-hybridized carbons (Fsp3) is 0.182. The number of halogens is 2. The zero-order valence-corrected chi connectivity index (χ0v) is 9.95. The summed E-state index contributed by atoms with van der Waals surface area (Å²) in [5.41, 5.74) is 0.484. The molecule has 3 nitrogen and oxygen atoms in total. The molecular weight excluding hydrogens is 279 g/mol. The lowest BCUT2D eigenvalue weighted by atomic mass is 10.3. The minimum Gasteiger partial charge on any atom is -0.450 e. The van der Waals surface area contributed by atoms with Crippen LogP contribution < -0.4 is 4.74 Å². The quantitative estimate of drug-likeness (QED) is 0.785. The van der Waals surface area contributed by atoms with E-state index in [1.54, 1.807) is 13.0 Å². The van der Waals surface area contributed by atoms with Gasteiger partial charge in [-0.05, 0) is 35.0 Å². The fourth-order valence-corrected chi connectivity index (χ4v) is 1.60. The van der Waals surface area contributed by atoms with Gasteiger partial charge in [-0.25, -0.2) is 9.18 Å². The van der Waals surface area contributed by atoms with Crippen LogP contribution in [0.1, 0.15) is 6.92 Å². The summed E-state index contributed by atoms with van der Waals surface area (Å²) in [6.45, 7) is 1.63. The highest BCUT2D eigenvalue weighted by Gasteiger charge is 2.24. The predicted molar refractivity (Wildman–Crippen MR) is 58.4 cm³/mol. The molecule has 1 aromatic carbocycles. The largest absolute Gasteiger partial charge is 0.450 e. The van der Waals surface area contributed by atoms with Gasteiger partial charge < -0.3 is 9.47 Å². The summed E-state index contributed by atoms with van der Waals surface area (Å²) in [6.07, 6.45) is 0.755. The minimum atomic E-state index is -0.786. The topological polar surface area (TPSA) is 35.5 Å². The van der Waals surface area contributed by atoms with Crippen molar-refractivity contribution in [3.63, 3.8) is 0 Å². The third-order valence-corrected chi connectivity index (χ3v) is 2.72. The van der Waals surface area contributed by atoms with Gasteiger partial charge in [0.05, 0.1) is 4.47 Å². The summed E-state index contributed by atoms with van der Waals surface area (Å²) >= 11 is 3.22. The van der Waals surface area contributed by atoms with Gasteiger partial charge in [0.25, 0.3) is 6.29 Å². The first-order chi connectivity index (χ1) is 7.56. The Morgan fingerprint density at radius 3 is 2.88 bits per heavy atom. The van der Waals surface area contributed by atoms with E-state index >= 15 is 0 Å². The van der Waals surface area contributed by atoms with Gasteiger partial charge in [-0.3, -0.25) is 0 Å². The van der Waals surface area contributed by atoms with Crippen molar-refractivity contribution in [3.05, 3.63) is 40.1 Å². The number of carbonyl (C=O) groups is 1. The molecule has 0 spiro atoms. The second kappa shape index (κ2) is 4.25. The molecule has 2 rings (SSSR count). The average Bonchev–Trinajstić information content (AvgIpc) is 2.52. The molecule has 84 valence electrons. The zero-order valence-electron chi connectivity index (χ0n) is 8.37. The lowest BCUT2D eigenvalue weighted by Gasteiger charge is -2.12. The Labute approximate surface area is 100.0 Å². The van der Waals surface area contributed by atoms with Crippen LogP contribution in [0.4, 0.5) is 4.39 Å². The SMILES string of the molecule is CC1=CC(Oc2cc(F)ccc2Br)OC1=O. The number of esters is 1. The van der Waals surface area contributed by atoms with Crippen molar-refractivity contribution in [3.8, 4) is 5.75 Å². The molecule has 0 saturated heterocycles. The highest BCUT2D eigenvalue weighted by Crippen LogP contribution is 2.28. The summed E-state index contributed by atoms with van der Waals surface area (Å²) in [6, 6.07) is 4.05. The third-order valence-electron chi connectivity index (χ3n) is 2.07. The molecule has 0 bridgehead atoms. The summed E-state index contributed by atoms with van der Waals surface area (Å²) in [4.78, 5) is 11.1. The molecule has 1 aliphatic heterocycles. The Hall–Kier alpha value is -1.36. The minimum absolute atomic E-state index is 0.295. The first kappa shape index (κ1) is 11.1. The van der Waals surface area contributed by atoms with Crippen molar-refractivity contribution in [1.29, 1.82) is 0 Å². The number of hydrogen-bond acceptors (Lipinski definition) is 3. The Morgan fingerprint density at radius 2 is 2.25 bits per heavy atom. The lowest BCUT2D eigenvalue weighted by molar-refractivity contribution is -0.148. The Kier molecular flexibility index (Phi) is 2.96. The Bertz CT molecular complexity index is 470. The number of ether oxygens (including phenoxy) is 2. The molecule has 1 unspecified atom stereocenters. The molecule has 1 aromatic rings. The van der Waals surface area contributed by atoms with Crippen molar-refractivity contribution >= 4 is 21.9 Å². The number of rotatable bonds is 2. The van der Waals surface area contributed by atoms with Crippen LogP contribution in [0.5, 0.6) is 5.75 Å². The van der Waals surface area contributed by atoms with Crippen LogP contribution >= 0.6 is 15.9 Å². The molecule has 1 heterocycles. The van der Waals surface area contributed by atoms with Crippen molar-refractivity contribution in [2.24, 2.45) is 0 Å². The van der Waals surface area contributed by atoms with Crippen molar-refractivity contribution in [2.75, 3.05) is 0 Å². The highest BCUT2D eigenvalue weighted by atomic mass is 79.9. The first-order valence-electron chi connectivity index (χ1n) is 4.57. The molecular formula is C11H8BrFO3. The second-order valence-corrected chi connectivity index (χ2v) is 4.17. The number of carbonyl (C=O) groups excluding carboxylic acids is 1. The van der Waals surface area contributed by atoms with Crippen LogP contribution in [0, 0.1) is 5.82 Å². The molecule has 0 amide bonds. The van der Waals surface area contributed by atoms with E-state index in [-0.39, 0.29) is 0 Å². The summed E-state index contributed by atoms with van der Waals surface area (Å²) in [5.74, 6) is -0.537. The van der Waals surface area contributed by atoms with E-state index < -0.39 is 18.1 Å². The zero-order chi connectivity index (χ0) is 11.7. The Balaban J connectivity index is 2.16. The summed E-state index contributed by atoms with van der Waals surface area (Å²) in [7, 11) is 0. The molecule has 0 aliphatic carbocycles. The molecule has 5 heteroatoms. The molecule has 1 aliphatic rings. The van der Waals surface area contributed by atoms with E-state index in [4.69, 9.17) is 9.47 Å². The number of hydrogen-bond donors (Lipinski definition) is 0. The van der Waals surface area contributed by atoms with E-state index in [0.29, 0.717) is 15.8 Å². The van der Waals surface area contributed by atoms with Gasteiger partial charge in [0.2, 0.25) is 0 Å². The lowest BCUT2D eigenvalue weighted by Crippen LogP contribution is -2.15. The molecule has 16 heavy (non-hydrogen) atoms. The van der Waals surface area contributed by atoms with E-state index in [1.807, 2.05) is 0 Å². The summed E-state index contributed by atoms with van der Waals surface area (Å²) < 4.78 is 23.7. The number of benzene rings is 1. The van der Waals surface area contributed by atoms with Crippen molar-refractivity contribution < 1.29 is 18.7 Å². The van der Waals surface area contributed by atoms with E-state index in [2.05, 4.69) is 15.9 Å². The van der Waals surface area contributed by atoms with Crippen LogP contribution in [0.15, 0.2) is 34.3 Å². The van der Waals surface area contributed by atoms with Gasteiger partial charge in [-0.15, -0.1) is 0 Å². The molecule has 0 aromatic heterocycles. The molecule has 1 atom stereocenters. The van der Waals surface area contributed by atoms with Crippen LogP contribution in [0.2, 0.25) is 0 Å². The maximum atomic E-state index is 13.0. The van der Waals surface area contributed by atoms with Gasteiger partial charge in [-0.1, -0.05) is 0 Å².